The summed E-state index contributed by atoms with van der Waals surface area (Å²) in [5, 5.41) is 3.06. The van der Waals surface area contributed by atoms with Crippen LogP contribution in [0.3, 0.4) is 0 Å². The molecular formula is C15H21ClN2O. The predicted molar refractivity (Wildman–Crippen MR) is 78.4 cm³/mol. The molecule has 2 aliphatic rings. The van der Waals surface area contributed by atoms with Crippen molar-refractivity contribution in [3.05, 3.63) is 35.9 Å². The number of carbonyl (C=O) groups is 1. The van der Waals surface area contributed by atoms with Gasteiger partial charge in [-0.3, -0.25) is 4.79 Å². The van der Waals surface area contributed by atoms with E-state index in [1.807, 2.05) is 6.07 Å². The quantitative estimate of drug-likeness (QED) is 0.888. The second-order valence-electron chi connectivity index (χ2n) is 5.84. The molecule has 1 aromatic carbocycles. The molecule has 0 spiro atoms. The number of halogens is 1. The van der Waals surface area contributed by atoms with Crippen LogP contribution in [0.2, 0.25) is 0 Å². The zero-order valence-corrected chi connectivity index (χ0v) is 11.8. The van der Waals surface area contributed by atoms with Gasteiger partial charge < -0.3 is 11.1 Å². The lowest BCUT2D eigenvalue weighted by atomic mass is 9.64. The summed E-state index contributed by atoms with van der Waals surface area (Å²) in [6.45, 7) is 0.731. The maximum atomic E-state index is 11.9. The van der Waals surface area contributed by atoms with Gasteiger partial charge in [0, 0.05) is 12.0 Å². The Kier molecular flexibility index (Phi) is 3.88. The van der Waals surface area contributed by atoms with Crippen molar-refractivity contribution in [2.24, 2.45) is 5.73 Å². The summed E-state index contributed by atoms with van der Waals surface area (Å²) in [6.07, 6.45) is 5.23. The normalized spacial score (nSPS) is 21.7. The second kappa shape index (κ2) is 5.14. The maximum absolute atomic E-state index is 11.9. The monoisotopic (exact) mass is 280 g/mol. The molecule has 2 saturated carbocycles. The van der Waals surface area contributed by atoms with Crippen molar-refractivity contribution in [2.75, 3.05) is 6.54 Å². The number of carbonyl (C=O) groups excluding carboxylic acids is 1. The minimum absolute atomic E-state index is 0. The first-order valence-electron chi connectivity index (χ1n) is 6.77. The van der Waals surface area contributed by atoms with Crippen molar-refractivity contribution < 1.29 is 4.79 Å². The van der Waals surface area contributed by atoms with Gasteiger partial charge in [-0.2, -0.15) is 0 Å². The van der Waals surface area contributed by atoms with Gasteiger partial charge in [-0.1, -0.05) is 36.8 Å². The fourth-order valence-electron chi connectivity index (χ4n) is 2.75. The number of benzene rings is 1. The Bertz CT molecular complexity index is 452. The van der Waals surface area contributed by atoms with E-state index in [2.05, 4.69) is 29.6 Å². The van der Waals surface area contributed by atoms with E-state index < -0.39 is 5.54 Å². The van der Waals surface area contributed by atoms with Crippen LogP contribution in [0.25, 0.3) is 0 Å². The highest BCUT2D eigenvalue weighted by atomic mass is 35.5. The van der Waals surface area contributed by atoms with E-state index in [1.165, 1.54) is 12.0 Å². The average molecular weight is 281 g/mol. The molecule has 0 unspecified atom stereocenters. The molecule has 1 aromatic rings. The number of hydrogen-bond acceptors (Lipinski definition) is 2. The summed E-state index contributed by atoms with van der Waals surface area (Å²) in [5.74, 6) is 0.0321. The third kappa shape index (κ3) is 2.63. The van der Waals surface area contributed by atoms with Crippen LogP contribution in [-0.4, -0.2) is 18.0 Å². The number of hydrogen-bond donors (Lipinski definition) is 2. The lowest BCUT2D eigenvalue weighted by Crippen LogP contribution is -2.50. The lowest BCUT2D eigenvalue weighted by Gasteiger charge is -2.42. The highest BCUT2D eigenvalue weighted by Gasteiger charge is 2.47. The van der Waals surface area contributed by atoms with E-state index in [1.54, 1.807) is 0 Å². The zero-order valence-electron chi connectivity index (χ0n) is 11.0. The van der Waals surface area contributed by atoms with Gasteiger partial charge in [0.2, 0.25) is 5.91 Å². The zero-order chi connectivity index (χ0) is 12.6. The van der Waals surface area contributed by atoms with Gasteiger partial charge in [-0.15, -0.1) is 12.4 Å². The second-order valence-corrected chi connectivity index (χ2v) is 5.84. The van der Waals surface area contributed by atoms with Crippen molar-refractivity contribution >= 4 is 18.3 Å². The molecule has 2 fully saturated rings. The van der Waals surface area contributed by atoms with Crippen LogP contribution in [0.15, 0.2) is 30.3 Å². The minimum atomic E-state index is -0.554. The molecule has 0 saturated heterocycles. The predicted octanol–water partition coefficient (Wildman–Crippen LogP) is 2.14. The third-order valence-corrected chi connectivity index (χ3v) is 4.53. The van der Waals surface area contributed by atoms with Gasteiger partial charge in [0.15, 0.2) is 0 Å². The standard InChI is InChI=1S/C15H20N2O.ClH/c16-15(9-10-15)13(18)17-11-14(7-4-8-14)12-5-2-1-3-6-12;/h1-3,5-6H,4,7-11,16H2,(H,17,18);1H. The summed E-state index contributed by atoms with van der Waals surface area (Å²) in [7, 11) is 0. The third-order valence-electron chi connectivity index (χ3n) is 4.53. The molecule has 1 amide bonds. The first-order chi connectivity index (χ1) is 8.65. The maximum Gasteiger partial charge on any atom is 0.240 e. The van der Waals surface area contributed by atoms with Gasteiger partial charge >= 0.3 is 0 Å². The van der Waals surface area contributed by atoms with E-state index >= 15 is 0 Å². The first-order valence-corrected chi connectivity index (χ1v) is 6.77. The summed E-state index contributed by atoms with van der Waals surface area (Å²) in [5.41, 5.74) is 6.85. The van der Waals surface area contributed by atoms with Gasteiger partial charge in [-0.05, 0) is 31.2 Å². The van der Waals surface area contributed by atoms with Crippen molar-refractivity contribution in [1.29, 1.82) is 0 Å². The number of nitrogens with two attached hydrogens (primary N) is 1. The van der Waals surface area contributed by atoms with Crippen molar-refractivity contribution in [2.45, 2.75) is 43.1 Å². The number of rotatable bonds is 4. The van der Waals surface area contributed by atoms with Crippen LogP contribution < -0.4 is 11.1 Å². The molecule has 0 heterocycles. The summed E-state index contributed by atoms with van der Waals surface area (Å²) in [6, 6.07) is 10.5. The van der Waals surface area contributed by atoms with Crippen molar-refractivity contribution in [3.63, 3.8) is 0 Å². The number of amides is 1. The molecule has 0 aliphatic heterocycles. The smallest absolute Gasteiger partial charge is 0.240 e. The largest absolute Gasteiger partial charge is 0.354 e. The summed E-state index contributed by atoms with van der Waals surface area (Å²) < 4.78 is 0. The van der Waals surface area contributed by atoms with Gasteiger partial charge in [0.1, 0.15) is 0 Å². The van der Waals surface area contributed by atoms with E-state index in [0.717, 1.165) is 32.2 Å². The Morgan fingerprint density at radius 3 is 2.26 bits per heavy atom. The van der Waals surface area contributed by atoms with E-state index in [-0.39, 0.29) is 23.7 Å². The molecule has 0 aromatic heterocycles. The van der Waals surface area contributed by atoms with Crippen LogP contribution >= 0.6 is 12.4 Å². The highest BCUT2D eigenvalue weighted by molar-refractivity contribution is 5.89. The van der Waals surface area contributed by atoms with Gasteiger partial charge in [0.25, 0.3) is 0 Å². The molecular weight excluding hydrogens is 260 g/mol. The molecule has 0 radical (unpaired) electrons. The van der Waals surface area contributed by atoms with Crippen LogP contribution in [0.1, 0.15) is 37.7 Å². The van der Waals surface area contributed by atoms with Crippen molar-refractivity contribution in [3.8, 4) is 0 Å². The fraction of sp³-hybridized carbons (Fsp3) is 0.533. The Morgan fingerprint density at radius 2 is 1.79 bits per heavy atom. The molecule has 3 N–H and O–H groups in total. The van der Waals surface area contributed by atoms with Gasteiger partial charge in [-0.25, -0.2) is 0 Å². The molecule has 3 nitrogen and oxygen atoms in total. The molecule has 0 atom stereocenters. The molecule has 3 rings (SSSR count). The topological polar surface area (TPSA) is 55.1 Å². The molecule has 0 bridgehead atoms. The fourth-order valence-corrected chi connectivity index (χ4v) is 2.75. The van der Waals surface area contributed by atoms with Crippen LogP contribution in [0.4, 0.5) is 0 Å². The van der Waals surface area contributed by atoms with Crippen LogP contribution in [0, 0.1) is 0 Å². The van der Waals surface area contributed by atoms with Gasteiger partial charge in [0.05, 0.1) is 5.54 Å². The Hall–Kier alpha value is -1.06. The summed E-state index contributed by atoms with van der Waals surface area (Å²) >= 11 is 0. The van der Waals surface area contributed by atoms with Crippen molar-refractivity contribution in [1.82, 2.24) is 5.32 Å². The van der Waals surface area contributed by atoms with E-state index in [0.29, 0.717) is 0 Å². The highest BCUT2D eigenvalue weighted by Crippen LogP contribution is 2.43. The molecule has 4 heteroatoms. The SMILES string of the molecule is Cl.NC1(C(=O)NCC2(c3ccccc3)CCC2)CC1. The van der Waals surface area contributed by atoms with Crippen LogP contribution in [0.5, 0.6) is 0 Å². The Balaban J connectivity index is 0.00000133. The Labute approximate surface area is 120 Å². The molecule has 19 heavy (non-hydrogen) atoms. The Morgan fingerprint density at radius 1 is 1.16 bits per heavy atom. The summed E-state index contributed by atoms with van der Waals surface area (Å²) in [4.78, 5) is 11.9. The minimum Gasteiger partial charge on any atom is -0.354 e. The first kappa shape index (κ1) is 14.4. The van der Waals surface area contributed by atoms with E-state index in [4.69, 9.17) is 5.73 Å². The molecule has 2 aliphatic carbocycles. The van der Waals surface area contributed by atoms with E-state index in [9.17, 15) is 4.79 Å². The molecule has 104 valence electrons. The average Bonchev–Trinajstić information content (AvgIpc) is 3.08. The number of nitrogens with one attached hydrogen (secondary N) is 1. The van der Waals surface area contributed by atoms with Crippen LogP contribution in [-0.2, 0) is 10.2 Å². The lowest BCUT2D eigenvalue weighted by molar-refractivity contribution is -0.123.